The first-order chi connectivity index (χ1) is 7.75. The fourth-order valence-electron chi connectivity index (χ4n) is 2.84. The van der Waals surface area contributed by atoms with Crippen molar-refractivity contribution in [1.82, 2.24) is 0 Å². The van der Waals surface area contributed by atoms with Crippen LogP contribution < -0.4 is 21.2 Å². The number of rotatable bonds is 3. The summed E-state index contributed by atoms with van der Waals surface area (Å²) >= 11 is 0.225. The first-order valence-corrected chi connectivity index (χ1v) is 9.00. The Morgan fingerprint density at radius 2 is 1.62 bits per heavy atom. The molecule has 2 saturated carbocycles. The van der Waals surface area contributed by atoms with E-state index in [1.165, 1.54) is 38.5 Å². The van der Waals surface area contributed by atoms with Gasteiger partial charge in [0.15, 0.2) is 0 Å². The predicted octanol–water partition coefficient (Wildman–Crippen LogP) is -0.00400. The molecule has 0 spiro atoms. The van der Waals surface area contributed by atoms with E-state index in [4.69, 9.17) is 0 Å². The first-order valence-electron chi connectivity index (χ1n) is 6.51. The zero-order valence-electron chi connectivity index (χ0n) is 9.74. The zero-order valence-corrected chi connectivity index (χ0v) is 11.9. The Bertz CT molecular complexity index is 241. The second-order valence-corrected chi connectivity index (χ2v) is 9.31. The topological polar surface area (TPSA) is 43.1 Å². The molecular weight excluding hydrogens is 317 g/mol. The molecule has 2 atom stereocenters. The first kappa shape index (κ1) is 12.6. The van der Waals surface area contributed by atoms with Crippen molar-refractivity contribution in [2.45, 2.75) is 71.7 Å². The molecular formula is C12H21INO2-. The molecule has 0 aliphatic heterocycles. The monoisotopic (exact) mass is 338 g/mol. The van der Waals surface area contributed by atoms with Crippen molar-refractivity contribution in [3.8, 4) is 0 Å². The molecule has 2 fully saturated rings. The van der Waals surface area contributed by atoms with E-state index in [2.05, 4.69) is 0 Å². The second-order valence-electron chi connectivity index (χ2n) is 5.06. The second kappa shape index (κ2) is 6.17. The standard InChI is InChI=1S/C12H21INO2/c15-14(16)12-8-4-7-11(9-12)13-10-5-2-1-3-6-10/h10-12H,1-9H2/q-1. The number of alkyl halides is 2. The van der Waals surface area contributed by atoms with Gasteiger partial charge in [-0.3, -0.25) is 0 Å². The average Bonchev–Trinajstić information content (AvgIpc) is 2.30. The van der Waals surface area contributed by atoms with Crippen LogP contribution in [0.1, 0.15) is 57.8 Å². The van der Waals surface area contributed by atoms with Crippen LogP contribution >= 0.6 is 0 Å². The third-order valence-corrected chi connectivity index (χ3v) is 8.18. The number of hydrogen-bond acceptors (Lipinski definition) is 2. The molecule has 2 rings (SSSR count). The maximum absolute atomic E-state index is 10.8. The van der Waals surface area contributed by atoms with Gasteiger partial charge in [0.25, 0.3) is 0 Å². The van der Waals surface area contributed by atoms with Gasteiger partial charge in [-0.05, 0) is 0 Å². The van der Waals surface area contributed by atoms with Crippen molar-refractivity contribution >= 4 is 0 Å². The van der Waals surface area contributed by atoms with Crippen molar-refractivity contribution in [3.05, 3.63) is 10.1 Å². The zero-order chi connectivity index (χ0) is 11.4. The van der Waals surface area contributed by atoms with E-state index in [0.29, 0.717) is 0 Å². The average molecular weight is 338 g/mol. The maximum atomic E-state index is 10.8. The molecule has 2 aliphatic rings. The molecule has 0 aromatic heterocycles. The summed E-state index contributed by atoms with van der Waals surface area (Å²) in [6.45, 7) is 0. The predicted molar refractivity (Wildman–Crippen MR) is 59.9 cm³/mol. The molecule has 16 heavy (non-hydrogen) atoms. The van der Waals surface area contributed by atoms with Crippen molar-refractivity contribution in [3.63, 3.8) is 0 Å². The van der Waals surface area contributed by atoms with Gasteiger partial charge in [0.05, 0.1) is 0 Å². The molecule has 0 N–H and O–H groups in total. The summed E-state index contributed by atoms with van der Waals surface area (Å²) in [7, 11) is 0. The van der Waals surface area contributed by atoms with Crippen LogP contribution in [0.25, 0.3) is 0 Å². The normalized spacial score (nSPS) is 32.8. The molecule has 3 nitrogen and oxygen atoms in total. The van der Waals surface area contributed by atoms with Crippen LogP contribution in [-0.2, 0) is 0 Å². The Morgan fingerprint density at radius 3 is 2.31 bits per heavy atom. The fourth-order valence-corrected chi connectivity index (χ4v) is 7.56. The van der Waals surface area contributed by atoms with Crippen LogP contribution in [0.4, 0.5) is 0 Å². The Labute approximate surface area is 108 Å². The summed E-state index contributed by atoms with van der Waals surface area (Å²) in [6, 6.07) is -0.206. The molecule has 0 aromatic rings. The molecule has 0 heterocycles. The Kier molecular flexibility index (Phi) is 4.85. The van der Waals surface area contributed by atoms with Crippen LogP contribution in [-0.4, -0.2) is 18.8 Å². The van der Waals surface area contributed by atoms with Crippen molar-refractivity contribution in [2.24, 2.45) is 0 Å². The summed E-state index contributed by atoms with van der Waals surface area (Å²) in [6.07, 6.45) is 11.2. The van der Waals surface area contributed by atoms with E-state index in [1.807, 2.05) is 0 Å². The Morgan fingerprint density at radius 1 is 0.938 bits per heavy atom. The number of nitrogens with zero attached hydrogens (tertiary/aromatic N) is 1. The van der Waals surface area contributed by atoms with Crippen LogP contribution in [0.3, 0.4) is 0 Å². The minimum absolute atomic E-state index is 0.0310. The van der Waals surface area contributed by atoms with E-state index in [0.717, 1.165) is 27.1 Å². The fraction of sp³-hybridized carbons (Fsp3) is 1.00. The summed E-state index contributed by atoms with van der Waals surface area (Å²) in [5.74, 6) is 0. The van der Waals surface area contributed by atoms with Crippen LogP contribution in [0.15, 0.2) is 0 Å². The molecule has 0 amide bonds. The van der Waals surface area contributed by atoms with Crippen LogP contribution in [0, 0.1) is 10.1 Å². The SMILES string of the molecule is O=[N+]([O-])C1CCCC([I-]C2CCCCC2)C1. The molecule has 0 saturated heterocycles. The van der Waals surface area contributed by atoms with Gasteiger partial charge in [0.1, 0.15) is 0 Å². The molecule has 94 valence electrons. The summed E-state index contributed by atoms with van der Waals surface area (Å²) < 4.78 is 1.74. The van der Waals surface area contributed by atoms with E-state index >= 15 is 0 Å². The molecule has 0 radical (unpaired) electrons. The Balaban J connectivity index is 1.78. The van der Waals surface area contributed by atoms with Gasteiger partial charge in [-0.2, -0.15) is 0 Å². The van der Waals surface area contributed by atoms with E-state index in [1.54, 1.807) is 0 Å². The van der Waals surface area contributed by atoms with E-state index in [-0.39, 0.29) is 32.2 Å². The van der Waals surface area contributed by atoms with Crippen LogP contribution in [0.5, 0.6) is 0 Å². The number of hydrogen-bond donors (Lipinski definition) is 0. The third kappa shape index (κ3) is 3.57. The van der Waals surface area contributed by atoms with Gasteiger partial charge in [0.2, 0.25) is 0 Å². The van der Waals surface area contributed by atoms with E-state index < -0.39 is 0 Å². The minimum atomic E-state index is -0.206. The molecule has 2 unspecified atom stereocenters. The number of nitro groups is 1. The third-order valence-electron chi connectivity index (χ3n) is 3.77. The molecule has 0 bridgehead atoms. The molecule has 0 aromatic carbocycles. The van der Waals surface area contributed by atoms with Gasteiger partial charge in [0, 0.05) is 0 Å². The Hall–Kier alpha value is 0.130. The van der Waals surface area contributed by atoms with Gasteiger partial charge >= 0.3 is 108 Å². The van der Waals surface area contributed by atoms with Gasteiger partial charge in [-0.25, -0.2) is 0 Å². The molecule has 4 heteroatoms. The quantitative estimate of drug-likeness (QED) is 0.315. The van der Waals surface area contributed by atoms with Gasteiger partial charge in [-0.15, -0.1) is 0 Å². The van der Waals surface area contributed by atoms with Crippen molar-refractivity contribution in [1.29, 1.82) is 0 Å². The summed E-state index contributed by atoms with van der Waals surface area (Å²) in [5.41, 5.74) is 0. The van der Waals surface area contributed by atoms with Gasteiger partial charge < -0.3 is 0 Å². The van der Waals surface area contributed by atoms with Crippen LogP contribution in [0.2, 0.25) is 0 Å². The van der Waals surface area contributed by atoms with Crippen molar-refractivity contribution < 1.29 is 26.1 Å². The summed E-state index contributed by atoms with van der Waals surface area (Å²) in [5, 5.41) is 10.8. The number of halogens is 1. The summed E-state index contributed by atoms with van der Waals surface area (Å²) in [4.78, 5) is 10.8. The molecule has 2 aliphatic carbocycles. The van der Waals surface area contributed by atoms with E-state index in [9.17, 15) is 10.1 Å². The van der Waals surface area contributed by atoms with Crippen molar-refractivity contribution in [2.75, 3.05) is 0 Å². The van der Waals surface area contributed by atoms with Gasteiger partial charge in [-0.1, -0.05) is 0 Å².